The molecule has 11 nitrogen and oxygen atoms in total. The number of halogens is 3. The first-order valence-electron chi connectivity index (χ1n) is 13.3. The number of esters is 1. The summed E-state index contributed by atoms with van der Waals surface area (Å²) in [5.41, 5.74) is 7.83. The van der Waals surface area contributed by atoms with E-state index >= 15 is 0 Å². The number of nitrogens with zero attached hydrogens (tertiary/aromatic N) is 3. The van der Waals surface area contributed by atoms with Crippen molar-refractivity contribution in [2.45, 2.75) is 38.9 Å². The normalized spacial score (nSPS) is 11.2. The molecule has 42 heavy (non-hydrogen) atoms. The molecule has 0 amide bonds. The molecule has 0 saturated carbocycles. The van der Waals surface area contributed by atoms with Crippen LogP contribution >= 0.6 is 0 Å². The summed E-state index contributed by atoms with van der Waals surface area (Å²) < 4.78 is 58.0. The molecule has 0 aliphatic carbocycles. The van der Waals surface area contributed by atoms with Gasteiger partial charge in [0.2, 0.25) is 11.9 Å². The fraction of sp³-hybridized carbons (Fsp3) is 0.429. The van der Waals surface area contributed by atoms with Gasteiger partial charge in [0.1, 0.15) is 17.1 Å². The summed E-state index contributed by atoms with van der Waals surface area (Å²) in [6.07, 6.45) is -1.93. The van der Waals surface area contributed by atoms with Crippen molar-refractivity contribution >= 4 is 17.9 Å². The van der Waals surface area contributed by atoms with Crippen LogP contribution in [0.15, 0.2) is 42.5 Å². The van der Waals surface area contributed by atoms with Gasteiger partial charge < -0.3 is 35.3 Å². The highest BCUT2D eigenvalue weighted by Gasteiger charge is 2.29. The smallest absolute Gasteiger partial charge is 0.422 e. The number of carbonyl (C=O) groups excluding carboxylic acids is 1. The maximum atomic E-state index is 12.3. The van der Waals surface area contributed by atoms with Crippen LogP contribution in [-0.2, 0) is 11.3 Å². The van der Waals surface area contributed by atoms with Crippen LogP contribution in [-0.4, -0.2) is 67.1 Å². The predicted octanol–water partition coefficient (Wildman–Crippen LogP) is 4.32. The van der Waals surface area contributed by atoms with Gasteiger partial charge in [-0.3, -0.25) is 0 Å². The lowest BCUT2D eigenvalue weighted by Crippen LogP contribution is -2.21. The van der Waals surface area contributed by atoms with Crippen LogP contribution in [0, 0.1) is 6.92 Å². The predicted molar refractivity (Wildman–Crippen MR) is 150 cm³/mol. The van der Waals surface area contributed by atoms with E-state index in [9.17, 15) is 18.0 Å². The number of anilines is 2. The Morgan fingerprint density at radius 3 is 2.40 bits per heavy atom. The van der Waals surface area contributed by atoms with Gasteiger partial charge in [0.05, 0.1) is 20.3 Å². The number of nitrogens with two attached hydrogens (primary N) is 1. The maximum absolute atomic E-state index is 12.3. The van der Waals surface area contributed by atoms with Crippen LogP contribution in [0.5, 0.6) is 17.5 Å². The summed E-state index contributed by atoms with van der Waals surface area (Å²) in [7, 11) is 1.35. The van der Waals surface area contributed by atoms with Crippen LogP contribution in [0.2, 0.25) is 0 Å². The number of benzene rings is 2. The van der Waals surface area contributed by atoms with Crippen molar-refractivity contribution in [3.63, 3.8) is 0 Å². The van der Waals surface area contributed by atoms with Gasteiger partial charge in [-0.2, -0.15) is 28.1 Å². The average Bonchev–Trinajstić information content (AvgIpc) is 2.95. The lowest BCUT2D eigenvalue weighted by molar-refractivity contribution is -0.154. The molecular weight excluding hydrogens is 557 g/mol. The van der Waals surface area contributed by atoms with Crippen molar-refractivity contribution in [2.24, 2.45) is 0 Å². The molecule has 0 saturated heterocycles. The zero-order chi connectivity index (χ0) is 30.4. The van der Waals surface area contributed by atoms with Gasteiger partial charge in [-0.1, -0.05) is 18.2 Å². The number of nitrogens with one attached hydrogen (secondary N) is 2. The molecule has 0 aliphatic rings. The number of aromatic nitrogens is 3. The van der Waals surface area contributed by atoms with Crippen molar-refractivity contribution in [1.29, 1.82) is 0 Å². The Labute approximate surface area is 242 Å². The molecule has 3 aromatic rings. The van der Waals surface area contributed by atoms with Crippen molar-refractivity contribution in [1.82, 2.24) is 20.3 Å². The number of unbranched alkanes of at least 4 members (excludes halogenated alkanes) is 1. The third kappa shape index (κ3) is 11.6. The molecular formula is C28H35F3N6O5. The third-order valence-electron chi connectivity index (χ3n) is 5.69. The summed E-state index contributed by atoms with van der Waals surface area (Å²) in [5.74, 6) is 0.577. The van der Waals surface area contributed by atoms with Crippen molar-refractivity contribution in [3.05, 3.63) is 59.2 Å². The first-order chi connectivity index (χ1) is 20.1. The van der Waals surface area contributed by atoms with E-state index in [-0.39, 0.29) is 11.9 Å². The second-order valence-electron chi connectivity index (χ2n) is 9.20. The summed E-state index contributed by atoms with van der Waals surface area (Å²) in [6, 6.07) is 12.2. The largest absolute Gasteiger partial charge is 0.494 e. The molecule has 3 rings (SSSR count). The van der Waals surface area contributed by atoms with Gasteiger partial charge in [0.25, 0.3) is 0 Å². The number of nitrogen functional groups attached to an aromatic ring is 1. The summed E-state index contributed by atoms with van der Waals surface area (Å²) in [6.45, 7) is 3.40. The van der Waals surface area contributed by atoms with Gasteiger partial charge in [0, 0.05) is 6.54 Å². The molecule has 1 heterocycles. The Kier molecular flexibility index (Phi) is 12.4. The molecule has 14 heteroatoms. The molecule has 0 spiro atoms. The van der Waals surface area contributed by atoms with Crippen LogP contribution in [0.25, 0.3) is 0 Å². The zero-order valence-electron chi connectivity index (χ0n) is 23.5. The Morgan fingerprint density at radius 1 is 0.929 bits per heavy atom. The van der Waals surface area contributed by atoms with E-state index in [4.69, 9.17) is 19.9 Å². The van der Waals surface area contributed by atoms with E-state index in [2.05, 4.69) is 30.3 Å². The first kappa shape index (κ1) is 32.2. The van der Waals surface area contributed by atoms with E-state index in [0.717, 1.165) is 43.5 Å². The second kappa shape index (κ2) is 16.2. The van der Waals surface area contributed by atoms with Gasteiger partial charge in [-0.05, 0) is 74.7 Å². The Morgan fingerprint density at radius 2 is 1.67 bits per heavy atom. The fourth-order valence-electron chi connectivity index (χ4n) is 3.62. The molecule has 228 valence electrons. The van der Waals surface area contributed by atoms with Crippen LogP contribution in [0.1, 0.15) is 40.7 Å². The summed E-state index contributed by atoms with van der Waals surface area (Å²) in [4.78, 5) is 23.1. The van der Waals surface area contributed by atoms with Gasteiger partial charge >= 0.3 is 18.2 Å². The number of alkyl halides is 3. The number of methoxy groups -OCH3 is 1. The molecule has 0 radical (unpaired) electrons. The van der Waals surface area contributed by atoms with Crippen molar-refractivity contribution in [3.8, 4) is 17.5 Å². The van der Waals surface area contributed by atoms with Crippen molar-refractivity contribution < 1.29 is 36.9 Å². The fourth-order valence-corrected chi connectivity index (χ4v) is 3.62. The average molecular weight is 593 g/mol. The number of rotatable bonds is 17. The maximum Gasteiger partial charge on any atom is 0.422 e. The molecule has 0 unspecified atom stereocenters. The molecule has 1 aromatic heterocycles. The minimum Gasteiger partial charge on any atom is -0.494 e. The molecule has 0 atom stereocenters. The van der Waals surface area contributed by atoms with E-state index in [1.165, 1.54) is 7.11 Å². The molecule has 4 N–H and O–H groups in total. The van der Waals surface area contributed by atoms with Crippen LogP contribution in [0.3, 0.4) is 0 Å². The lowest BCUT2D eigenvalue weighted by Gasteiger charge is -2.11. The number of ether oxygens (including phenoxy) is 4. The number of aryl methyl sites for hydroxylation is 1. The molecule has 0 bridgehead atoms. The number of hydrogen-bond donors (Lipinski definition) is 3. The topological polar surface area (TPSA) is 143 Å². The third-order valence-corrected chi connectivity index (χ3v) is 5.69. The number of hydrogen-bond acceptors (Lipinski definition) is 11. The Balaban J connectivity index is 1.26. The van der Waals surface area contributed by atoms with Crippen molar-refractivity contribution in [2.75, 3.05) is 51.1 Å². The van der Waals surface area contributed by atoms with Crippen LogP contribution < -0.4 is 30.6 Å². The zero-order valence-corrected chi connectivity index (χ0v) is 23.5. The second-order valence-corrected chi connectivity index (χ2v) is 9.20. The molecule has 0 fully saturated rings. The minimum atomic E-state index is -4.52. The highest BCUT2D eigenvalue weighted by molar-refractivity contribution is 5.92. The standard InChI is InChI=1S/C28H35F3N6O5/c1-19-6-11-22(24(38)39-2)23(16-19)41-14-4-3-12-33-13-5-15-40-21-9-7-20(8-10-21)17-34-26-35-25(32)36-27(37-26)42-18-28(29,30)31/h6-11,16,33H,3-5,12-15,17-18H2,1-2H3,(H3,32,34,35,36,37). The lowest BCUT2D eigenvalue weighted by atomic mass is 10.1. The first-order valence-corrected chi connectivity index (χ1v) is 13.3. The highest BCUT2D eigenvalue weighted by Crippen LogP contribution is 2.22. The summed E-state index contributed by atoms with van der Waals surface area (Å²) in [5, 5.41) is 6.26. The minimum absolute atomic E-state index is 0.000919. The quantitative estimate of drug-likeness (QED) is 0.152. The highest BCUT2D eigenvalue weighted by atomic mass is 19.4. The molecule has 0 aliphatic heterocycles. The monoisotopic (exact) mass is 592 g/mol. The number of carbonyl (C=O) groups is 1. The van der Waals surface area contributed by atoms with Crippen LogP contribution in [0.4, 0.5) is 25.1 Å². The van der Waals surface area contributed by atoms with E-state index in [1.807, 2.05) is 43.3 Å². The van der Waals surface area contributed by atoms with Gasteiger partial charge in [0.15, 0.2) is 6.61 Å². The Hall–Kier alpha value is -4.33. The molecule has 2 aromatic carbocycles. The van der Waals surface area contributed by atoms with Gasteiger partial charge in [-0.15, -0.1) is 0 Å². The van der Waals surface area contributed by atoms with E-state index < -0.39 is 24.8 Å². The Bertz CT molecular complexity index is 1280. The van der Waals surface area contributed by atoms with E-state index in [1.54, 1.807) is 6.07 Å². The van der Waals surface area contributed by atoms with Gasteiger partial charge in [-0.25, -0.2) is 4.79 Å². The summed E-state index contributed by atoms with van der Waals surface area (Å²) >= 11 is 0. The SMILES string of the molecule is COC(=O)c1ccc(C)cc1OCCCCNCCCOc1ccc(CNc2nc(N)nc(OCC(F)(F)F)n2)cc1. The van der Waals surface area contributed by atoms with E-state index in [0.29, 0.717) is 36.8 Å².